The molecule has 0 radical (unpaired) electrons. The molecule has 1 aromatic carbocycles. The van der Waals surface area contributed by atoms with Crippen LogP contribution in [0.25, 0.3) is 0 Å². The smallest absolute Gasteiger partial charge is 0.126 e. The van der Waals surface area contributed by atoms with E-state index in [0.29, 0.717) is 5.92 Å². The van der Waals surface area contributed by atoms with Gasteiger partial charge in [-0.15, -0.1) is 11.6 Å². The predicted molar refractivity (Wildman–Crippen MR) is 59.2 cm³/mol. The Kier molecular flexibility index (Phi) is 4.40. The molecular weight excluding hydrogens is 199 g/mol. The summed E-state index contributed by atoms with van der Waals surface area (Å²) in [4.78, 5) is 0. The second-order valence-electron chi connectivity index (χ2n) is 3.92. The highest BCUT2D eigenvalue weighted by molar-refractivity contribution is 6.20. The monoisotopic (exact) mass is 214 g/mol. The van der Waals surface area contributed by atoms with E-state index in [1.54, 1.807) is 6.07 Å². The van der Waals surface area contributed by atoms with Crippen LogP contribution in [0.3, 0.4) is 0 Å². The molecule has 2 unspecified atom stereocenters. The average Bonchev–Trinajstić information content (AvgIpc) is 2.07. The van der Waals surface area contributed by atoms with Gasteiger partial charge in [0.05, 0.1) is 0 Å². The van der Waals surface area contributed by atoms with Crippen LogP contribution >= 0.6 is 11.6 Å². The SMILES string of the molecule is CC(Cl)CC(C)Cc1ccccc1F. The molecular formula is C12H16ClF. The van der Waals surface area contributed by atoms with Crippen LogP contribution in [-0.2, 0) is 6.42 Å². The van der Waals surface area contributed by atoms with Crippen molar-refractivity contribution in [1.29, 1.82) is 0 Å². The van der Waals surface area contributed by atoms with Gasteiger partial charge in [0.15, 0.2) is 0 Å². The van der Waals surface area contributed by atoms with Crippen LogP contribution < -0.4 is 0 Å². The standard InChI is InChI=1S/C12H16ClF/c1-9(7-10(2)13)8-11-5-3-4-6-12(11)14/h3-6,9-10H,7-8H2,1-2H3. The van der Waals surface area contributed by atoms with Gasteiger partial charge in [-0.2, -0.15) is 0 Å². The molecule has 1 aromatic rings. The van der Waals surface area contributed by atoms with E-state index < -0.39 is 0 Å². The Balaban J connectivity index is 2.56. The first-order valence-corrected chi connectivity index (χ1v) is 5.40. The quantitative estimate of drug-likeness (QED) is 0.665. The van der Waals surface area contributed by atoms with Crippen molar-refractivity contribution >= 4 is 11.6 Å². The Labute approximate surface area is 90.1 Å². The molecule has 0 saturated carbocycles. The lowest BCUT2D eigenvalue weighted by Gasteiger charge is -2.12. The van der Waals surface area contributed by atoms with E-state index in [2.05, 4.69) is 6.92 Å². The van der Waals surface area contributed by atoms with E-state index in [9.17, 15) is 4.39 Å². The lowest BCUT2D eigenvalue weighted by molar-refractivity contribution is 0.507. The maximum atomic E-state index is 13.3. The third-order valence-electron chi connectivity index (χ3n) is 2.25. The average molecular weight is 215 g/mol. The fourth-order valence-corrected chi connectivity index (χ4v) is 1.98. The minimum atomic E-state index is -0.110. The Morgan fingerprint density at radius 3 is 2.50 bits per heavy atom. The highest BCUT2D eigenvalue weighted by Crippen LogP contribution is 2.18. The molecule has 0 saturated heterocycles. The summed E-state index contributed by atoms with van der Waals surface area (Å²) in [7, 11) is 0. The van der Waals surface area contributed by atoms with Crippen LogP contribution in [0.1, 0.15) is 25.8 Å². The molecule has 2 heteroatoms. The van der Waals surface area contributed by atoms with E-state index >= 15 is 0 Å². The van der Waals surface area contributed by atoms with Gasteiger partial charge in [-0.3, -0.25) is 0 Å². The van der Waals surface area contributed by atoms with Crippen molar-refractivity contribution in [2.24, 2.45) is 5.92 Å². The minimum Gasteiger partial charge on any atom is -0.207 e. The molecule has 0 spiro atoms. The first-order valence-electron chi connectivity index (χ1n) is 4.97. The summed E-state index contributed by atoms with van der Waals surface area (Å²) < 4.78 is 13.3. The molecule has 0 N–H and O–H groups in total. The third-order valence-corrected chi connectivity index (χ3v) is 2.43. The van der Waals surface area contributed by atoms with Crippen molar-refractivity contribution in [3.05, 3.63) is 35.6 Å². The van der Waals surface area contributed by atoms with Crippen molar-refractivity contribution in [1.82, 2.24) is 0 Å². The molecule has 78 valence electrons. The van der Waals surface area contributed by atoms with Gasteiger partial charge in [-0.05, 0) is 37.3 Å². The normalized spacial score (nSPS) is 15.1. The lowest BCUT2D eigenvalue weighted by Crippen LogP contribution is -2.06. The molecule has 0 nitrogen and oxygen atoms in total. The fourth-order valence-electron chi connectivity index (χ4n) is 1.68. The number of hydrogen-bond donors (Lipinski definition) is 0. The minimum absolute atomic E-state index is 0.110. The van der Waals surface area contributed by atoms with E-state index in [1.165, 1.54) is 6.07 Å². The number of hydrogen-bond acceptors (Lipinski definition) is 0. The number of alkyl halides is 1. The molecule has 2 atom stereocenters. The maximum absolute atomic E-state index is 13.3. The van der Waals surface area contributed by atoms with Gasteiger partial charge in [-0.1, -0.05) is 25.1 Å². The molecule has 14 heavy (non-hydrogen) atoms. The summed E-state index contributed by atoms with van der Waals surface area (Å²) in [5.41, 5.74) is 0.789. The van der Waals surface area contributed by atoms with Crippen molar-refractivity contribution in [2.45, 2.75) is 32.1 Å². The second kappa shape index (κ2) is 5.35. The van der Waals surface area contributed by atoms with E-state index in [1.807, 2.05) is 19.1 Å². The first-order chi connectivity index (χ1) is 6.59. The van der Waals surface area contributed by atoms with Crippen LogP contribution in [0.15, 0.2) is 24.3 Å². The molecule has 0 heterocycles. The summed E-state index contributed by atoms with van der Waals surface area (Å²) in [6.45, 7) is 4.07. The van der Waals surface area contributed by atoms with Crippen molar-refractivity contribution in [3.63, 3.8) is 0 Å². The molecule has 0 bridgehead atoms. The molecule has 0 aliphatic carbocycles. The molecule has 0 aliphatic heterocycles. The molecule has 1 rings (SSSR count). The zero-order valence-electron chi connectivity index (χ0n) is 8.63. The van der Waals surface area contributed by atoms with Crippen molar-refractivity contribution in [3.8, 4) is 0 Å². The van der Waals surface area contributed by atoms with Gasteiger partial charge >= 0.3 is 0 Å². The maximum Gasteiger partial charge on any atom is 0.126 e. The van der Waals surface area contributed by atoms with Crippen molar-refractivity contribution in [2.75, 3.05) is 0 Å². The van der Waals surface area contributed by atoms with E-state index in [4.69, 9.17) is 11.6 Å². The summed E-state index contributed by atoms with van der Waals surface area (Å²) in [6, 6.07) is 6.93. The Morgan fingerprint density at radius 1 is 1.29 bits per heavy atom. The Bertz CT molecular complexity index is 283. The summed E-state index contributed by atoms with van der Waals surface area (Å²) in [5.74, 6) is 0.320. The van der Waals surface area contributed by atoms with Gasteiger partial charge in [0, 0.05) is 5.38 Å². The zero-order valence-corrected chi connectivity index (χ0v) is 9.39. The van der Waals surface area contributed by atoms with Gasteiger partial charge in [-0.25, -0.2) is 4.39 Å². The highest BCUT2D eigenvalue weighted by Gasteiger charge is 2.09. The van der Waals surface area contributed by atoms with Gasteiger partial charge < -0.3 is 0 Å². The van der Waals surface area contributed by atoms with Gasteiger partial charge in [0.1, 0.15) is 5.82 Å². The molecule has 0 amide bonds. The topological polar surface area (TPSA) is 0 Å². The van der Waals surface area contributed by atoms with E-state index in [-0.39, 0.29) is 11.2 Å². The second-order valence-corrected chi connectivity index (χ2v) is 4.66. The third kappa shape index (κ3) is 3.67. The highest BCUT2D eigenvalue weighted by atomic mass is 35.5. The van der Waals surface area contributed by atoms with Crippen LogP contribution in [0.5, 0.6) is 0 Å². The predicted octanol–water partition coefficient (Wildman–Crippen LogP) is 4.02. The van der Waals surface area contributed by atoms with Crippen LogP contribution in [0.2, 0.25) is 0 Å². The summed E-state index contributed by atoms with van der Waals surface area (Å²) in [6.07, 6.45) is 1.69. The molecule has 0 aliphatic rings. The van der Waals surface area contributed by atoms with Crippen LogP contribution in [-0.4, -0.2) is 5.38 Å². The number of halogens is 2. The first kappa shape index (κ1) is 11.5. The van der Waals surface area contributed by atoms with E-state index in [0.717, 1.165) is 18.4 Å². The summed E-state index contributed by atoms with van der Waals surface area (Å²) >= 11 is 5.88. The number of benzene rings is 1. The fraction of sp³-hybridized carbons (Fsp3) is 0.500. The Morgan fingerprint density at radius 2 is 1.93 bits per heavy atom. The molecule has 0 aromatic heterocycles. The van der Waals surface area contributed by atoms with Crippen molar-refractivity contribution < 1.29 is 4.39 Å². The summed E-state index contributed by atoms with van der Waals surface area (Å²) in [5, 5.41) is 0.164. The van der Waals surface area contributed by atoms with Gasteiger partial charge in [0.2, 0.25) is 0 Å². The lowest BCUT2D eigenvalue weighted by atomic mass is 9.96. The van der Waals surface area contributed by atoms with Crippen LogP contribution in [0.4, 0.5) is 4.39 Å². The number of rotatable bonds is 4. The largest absolute Gasteiger partial charge is 0.207 e. The van der Waals surface area contributed by atoms with Crippen LogP contribution in [0, 0.1) is 11.7 Å². The van der Waals surface area contributed by atoms with Gasteiger partial charge in [0.25, 0.3) is 0 Å². The Hall–Kier alpha value is -0.560. The zero-order chi connectivity index (χ0) is 10.6. The molecule has 0 fully saturated rings.